The molecule has 20 heavy (non-hydrogen) atoms. The van der Waals surface area contributed by atoms with E-state index in [-0.39, 0.29) is 17.4 Å². The first-order chi connectivity index (χ1) is 9.23. The number of rotatable bonds is 2. The molecule has 2 rings (SSSR count). The predicted molar refractivity (Wildman–Crippen MR) is 79.4 cm³/mol. The SMILES string of the molecule is CCC1Cc2cc(Br)c(O)c(C(=O)OC(C)(C)C)c2O1. The van der Waals surface area contributed by atoms with Crippen LogP contribution in [0.25, 0.3) is 0 Å². The van der Waals surface area contributed by atoms with Crippen molar-refractivity contribution in [1.82, 2.24) is 0 Å². The fraction of sp³-hybridized carbons (Fsp3) is 0.533. The van der Waals surface area contributed by atoms with Gasteiger partial charge in [-0.15, -0.1) is 0 Å². The van der Waals surface area contributed by atoms with Gasteiger partial charge in [-0.05, 0) is 49.2 Å². The number of fused-ring (bicyclic) bond motifs is 1. The molecule has 0 saturated carbocycles. The molecule has 1 unspecified atom stereocenters. The molecule has 0 amide bonds. The average molecular weight is 343 g/mol. The molecule has 0 fully saturated rings. The van der Waals surface area contributed by atoms with Crippen LogP contribution in [-0.4, -0.2) is 22.8 Å². The Morgan fingerprint density at radius 2 is 2.20 bits per heavy atom. The van der Waals surface area contributed by atoms with Gasteiger partial charge in [-0.2, -0.15) is 0 Å². The third-order valence-corrected chi connectivity index (χ3v) is 3.68. The maximum absolute atomic E-state index is 12.3. The average Bonchev–Trinajstić information content (AvgIpc) is 2.70. The van der Waals surface area contributed by atoms with E-state index in [1.807, 2.05) is 6.92 Å². The number of halogens is 1. The number of phenols is 1. The highest BCUT2D eigenvalue weighted by Gasteiger charge is 2.33. The maximum Gasteiger partial charge on any atom is 0.346 e. The summed E-state index contributed by atoms with van der Waals surface area (Å²) in [5, 5.41) is 10.2. The molecule has 0 saturated heterocycles. The molecule has 110 valence electrons. The molecule has 0 aromatic heterocycles. The highest BCUT2D eigenvalue weighted by molar-refractivity contribution is 9.10. The Bertz CT molecular complexity index is 546. The number of phenolic OH excluding ortho intramolecular Hbond substituents is 1. The minimum Gasteiger partial charge on any atom is -0.506 e. The summed E-state index contributed by atoms with van der Waals surface area (Å²) in [6.07, 6.45) is 1.63. The van der Waals surface area contributed by atoms with Gasteiger partial charge in [-0.3, -0.25) is 0 Å². The van der Waals surface area contributed by atoms with Gasteiger partial charge in [0.2, 0.25) is 0 Å². The summed E-state index contributed by atoms with van der Waals surface area (Å²) < 4.78 is 11.6. The van der Waals surface area contributed by atoms with Gasteiger partial charge in [-0.25, -0.2) is 4.79 Å². The minimum absolute atomic E-state index is 0.0416. The van der Waals surface area contributed by atoms with Gasteiger partial charge in [0, 0.05) is 12.0 Å². The number of hydrogen-bond acceptors (Lipinski definition) is 4. The summed E-state index contributed by atoms with van der Waals surface area (Å²) in [6, 6.07) is 1.80. The van der Waals surface area contributed by atoms with Crippen LogP contribution in [0.3, 0.4) is 0 Å². The van der Waals surface area contributed by atoms with Crippen LogP contribution in [-0.2, 0) is 11.2 Å². The van der Waals surface area contributed by atoms with Crippen LogP contribution in [0.5, 0.6) is 11.5 Å². The molecule has 1 N–H and O–H groups in total. The first-order valence-corrected chi connectivity index (χ1v) is 7.46. The topological polar surface area (TPSA) is 55.8 Å². The van der Waals surface area contributed by atoms with Crippen LogP contribution in [0.15, 0.2) is 10.5 Å². The van der Waals surface area contributed by atoms with Crippen molar-refractivity contribution in [3.8, 4) is 11.5 Å². The summed E-state index contributed by atoms with van der Waals surface area (Å²) in [7, 11) is 0. The van der Waals surface area contributed by atoms with Crippen LogP contribution in [0, 0.1) is 0 Å². The van der Waals surface area contributed by atoms with Crippen molar-refractivity contribution < 1.29 is 19.4 Å². The summed E-state index contributed by atoms with van der Waals surface area (Å²) in [5.41, 5.74) is 0.407. The lowest BCUT2D eigenvalue weighted by atomic mass is 10.0. The molecule has 1 aliphatic rings. The predicted octanol–water partition coefficient (Wildman–Crippen LogP) is 3.82. The highest BCUT2D eigenvalue weighted by Crippen LogP contribution is 2.43. The number of carbonyl (C=O) groups is 1. The Balaban J connectivity index is 2.46. The van der Waals surface area contributed by atoms with E-state index in [4.69, 9.17) is 9.47 Å². The largest absolute Gasteiger partial charge is 0.506 e. The number of esters is 1. The third kappa shape index (κ3) is 2.92. The molecule has 1 atom stereocenters. The van der Waals surface area contributed by atoms with Gasteiger partial charge < -0.3 is 14.6 Å². The standard InChI is InChI=1S/C15H19BrO4/c1-5-9-6-8-7-10(16)12(17)11(13(8)19-9)14(18)20-15(2,3)4/h7,9,17H,5-6H2,1-4H3. The fourth-order valence-electron chi connectivity index (χ4n) is 2.16. The van der Waals surface area contributed by atoms with Crippen LogP contribution in [0.4, 0.5) is 0 Å². The number of hydrogen-bond donors (Lipinski definition) is 1. The van der Waals surface area contributed by atoms with Crippen molar-refractivity contribution >= 4 is 21.9 Å². The third-order valence-electron chi connectivity index (χ3n) is 3.07. The van der Waals surface area contributed by atoms with E-state index in [0.717, 1.165) is 18.4 Å². The van der Waals surface area contributed by atoms with Crippen molar-refractivity contribution in [1.29, 1.82) is 0 Å². The number of carbonyl (C=O) groups excluding carboxylic acids is 1. The molecule has 0 bridgehead atoms. The zero-order valence-electron chi connectivity index (χ0n) is 12.1. The van der Waals surface area contributed by atoms with E-state index in [9.17, 15) is 9.90 Å². The molecule has 5 heteroatoms. The zero-order chi connectivity index (χ0) is 15.1. The molecule has 0 spiro atoms. The van der Waals surface area contributed by atoms with Gasteiger partial charge >= 0.3 is 5.97 Å². The van der Waals surface area contributed by atoms with E-state index in [1.54, 1.807) is 26.8 Å². The fourth-order valence-corrected chi connectivity index (χ4v) is 2.63. The zero-order valence-corrected chi connectivity index (χ0v) is 13.7. The molecule has 0 radical (unpaired) electrons. The maximum atomic E-state index is 12.3. The number of aromatic hydroxyl groups is 1. The van der Waals surface area contributed by atoms with Crippen molar-refractivity contribution in [2.24, 2.45) is 0 Å². The lowest BCUT2D eigenvalue weighted by Crippen LogP contribution is -2.24. The normalized spacial score (nSPS) is 17.6. The van der Waals surface area contributed by atoms with Gasteiger partial charge in [-0.1, -0.05) is 6.92 Å². The van der Waals surface area contributed by atoms with Gasteiger partial charge in [0.1, 0.15) is 28.8 Å². The van der Waals surface area contributed by atoms with Crippen LogP contribution >= 0.6 is 15.9 Å². The molecule has 1 heterocycles. The first kappa shape index (κ1) is 15.2. The summed E-state index contributed by atoms with van der Waals surface area (Å²) in [5.74, 6) is -0.245. The second kappa shape index (κ2) is 5.28. The summed E-state index contributed by atoms with van der Waals surface area (Å²) >= 11 is 3.28. The van der Waals surface area contributed by atoms with Gasteiger partial charge in [0.05, 0.1) is 4.47 Å². The van der Waals surface area contributed by atoms with E-state index >= 15 is 0 Å². The smallest absolute Gasteiger partial charge is 0.346 e. The molecule has 1 aliphatic heterocycles. The minimum atomic E-state index is -0.624. The van der Waals surface area contributed by atoms with Gasteiger partial charge in [0.15, 0.2) is 0 Å². The van der Waals surface area contributed by atoms with Crippen molar-refractivity contribution in [3.05, 3.63) is 21.7 Å². The lowest BCUT2D eigenvalue weighted by molar-refractivity contribution is 0.00623. The van der Waals surface area contributed by atoms with E-state index < -0.39 is 11.6 Å². The Kier molecular flexibility index (Phi) is 4.00. The Morgan fingerprint density at radius 1 is 1.55 bits per heavy atom. The Hall–Kier alpha value is -1.23. The first-order valence-electron chi connectivity index (χ1n) is 6.67. The highest BCUT2D eigenvalue weighted by atomic mass is 79.9. The van der Waals surface area contributed by atoms with Crippen LogP contribution in [0.2, 0.25) is 0 Å². The van der Waals surface area contributed by atoms with E-state index in [2.05, 4.69) is 15.9 Å². The molecule has 1 aromatic carbocycles. The summed E-state index contributed by atoms with van der Waals surface area (Å²) in [4.78, 5) is 12.3. The molecular formula is C15H19BrO4. The molecule has 4 nitrogen and oxygen atoms in total. The van der Waals surface area contributed by atoms with Crippen molar-refractivity contribution in [3.63, 3.8) is 0 Å². The second-order valence-corrected chi connectivity index (χ2v) is 6.78. The molecule has 1 aromatic rings. The van der Waals surface area contributed by atoms with Crippen molar-refractivity contribution in [2.75, 3.05) is 0 Å². The lowest BCUT2D eigenvalue weighted by Gasteiger charge is -2.21. The number of benzene rings is 1. The second-order valence-electron chi connectivity index (χ2n) is 5.92. The monoisotopic (exact) mass is 342 g/mol. The molecular weight excluding hydrogens is 324 g/mol. The summed E-state index contributed by atoms with van der Waals surface area (Å²) in [6.45, 7) is 7.39. The van der Waals surface area contributed by atoms with Gasteiger partial charge in [0.25, 0.3) is 0 Å². The Morgan fingerprint density at radius 3 is 2.75 bits per heavy atom. The quantitative estimate of drug-likeness (QED) is 0.830. The number of ether oxygens (including phenoxy) is 2. The van der Waals surface area contributed by atoms with Crippen LogP contribution in [0.1, 0.15) is 50.0 Å². The molecule has 0 aliphatic carbocycles. The van der Waals surface area contributed by atoms with Crippen LogP contribution < -0.4 is 4.74 Å². The van der Waals surface area contributed by atoms with E-state index in [0.29, 0.717) is 10.2 Å². The van der Waals surface area contributed by atoms with E-state index in [1.165, 1.54) is 0 Å². The van der Waals surface area contributed by atoms with Crippen molar-refractivity contribution in [2.45, 2.75) is 52.2 Å². The Labute approximate surface area is 127 Å².